The highest BCUT2D eigenvalue weighted by molar-refractivity contribution is 5.94. The molecule has 0 heterocycles. The molecule has 0 amide bonds. The second-order valence-corrected chi connectivity index (χ2v) is 6.25. The van der Waals surface area contributed by atoms with Crippen LogP contribution in [-0.4, -0.2) is 23.9 Å². The summed E-state index contributed by atoms with van der Waals surface area (Å²) < 4.78 is 0. The van der Waals surface area contributed by atoms with Crippen molar-refractivity contribution in [2.45, 2.75) is 13.8 Å². The molecular formula is C24H23N7. The number of hydrogen-bond acceptors (Lipinski definition) is 5. The predicted molar refractivity (Wildman–Crippen MR) is 122 cm³/mol. The second-order valence-electron chi connectivity index (χ2n) is 6.25. The standard InChI is InChI=1S/C24H23N7/c1-3-31(4-2)24(29-22-13-9-6-10-14-22)30-23(28-21-11-7-5-8-12-21)20(18-27)15-19(16-25)17-26/h5-15,28H,3-4H2,1-2H3,(H,29,30)/b23-20-. The van der Waals surface area contributed by atoms with Crippen LogP contribution in [0.3, 0.4) is 0 Å². The van der Waals surface area contributed by atoms with Gasteiger partial charge in [0.05, 0.1) is 5.57 Å². The molecule has 7 heteroatoms. The molecule has 2 N–H and O–H groups in total. The van der Waals surface area contributed by atoms with Gasteiger partial charge in [0.25, 0.3) is 0 Å². The minimum atomic E-state index is -0.181. The van der Waals surface area contributed by atoms with Gasteiger partial charge in [-0.1, -0.05) is 36.4 Å². The zero-order valence-corrected chi connectivity index (χ0v) is 17.5. The minimum Gasteiger partial charge on any atom is -0.343 e. The van der Waals surface area contributed by atoms with Crippen LogP contribution in [0.2, 0.25) is 0 Å². The molecule has 0 radical (unpaired) electrons. The molecule has 0 fully saturated rings. The van der Waals surface area contributed by atoms with Crippen LogP contribution in [0.5, 0.6) is 0 Å². The molecule has 2 rings (SSSR count). The Hall–Kier alpha value is -4.54. The zero-order valence-electron chi connectivity index (χ0n) is 17.5. The van der Waals surface area contributed by atoms with Crippen molar-refractivity contribution in [1.29, 1.82) is 15.8 Å². The first kappa shape index (κ1) is 22.7. The van der Waals surface area contributed by atoms with Gasteiger partial charge in [0.2, 0.25) is 5.96 Å². The third-order valence-corrected chi connectivity index (χ3v) is 4.25. The number of anilines is 2. The molecule has 7 nitrogen and oxygen atoms in total. The summed E-state index contributed by atoms with van der Waals surface area (Å²) in [5.74, 6) is 0.758. The van der Waals surface area contributed by atoms with Crippen molar-refractivity contribution < 1.29 is 0 Å². The Morgan fingerprint density at radius 1 is 0.839 bits per heavy atom. The summed E-state index contributed by atoms with van der Waals surface area (Å²) in [7, 11) is 0. The number of rotatable bonds is 7. The van der Waals surface area contributed by atoms with Crippen LogP contribution in [0.15, 0.2) is 88.7 Å². The summed E-state index contributed by atoms with van der Waals surface area (Å²) in [5, 5.41) is 34.5. The molecule has 0 saturated heterocycles. The van der Waals surface area contributed by atoms with E-state index in [9.17, 15) is 5.26 Å². The molecule has 0 unspecified atom stereocenters. The summed E-state index contributed by atoms with van der Waals surface area (Å²) in [6, 6.07) is 24.5. The molecule has 0 aromatic heterocycles. The number of benzene rings is 2. The van der Waals surface area contributed by atoms with Crippen LogP contribution in [0, 0.1) is 34.0 Å². The molecule has 0 bridgehead atoms. The predicted octanol–water partition coefficient (Wildman–Crippen LogP) is 4.62. The highest BCUT2D eigenvalue weighted by atomic mass is 15.3. The number of nitriles is 3. The maximum absolute atomic E-state index is 9.76. The fourth-order valence-corrected chi connectivity index (χ4v) is 2.66. The third-order valence-electron chi connectivity index (χ3n) is 4.25. The third kappa shape index (κ3) is 6.78. The van der Waals surface area contributed by atoms with E-state index in [4.69, 9.17) is 15.5 Å². The van der Waals surface area contributed by atoms with Gasteiger partial charge in [-0.2, -0.15) is 20.8 Å². The van der Waals surface area contributed by atoms with Crippen LogP contribution >= 0.6 is 0 Å². The fraction of sp³-hybridized carbons (Fsp3) is 0.167. The van der Waals surface area contributed by atoms with Crippen molar-refractivity contribution in [3.8, 4) is 18.2 Å². The summed E-state index contributed by atoms with van der Waals surface area (Å²) in [5.41, 5.74) is 1.45. The van der Waals surface area contributed by atoms with E-state index in [1.165, 1.54) is 6.08 Å². The number of guanidine groups is 1. The minimum absolute atomic E-state index is 0.0708. The van der Waals surface area contributed by atoms with Gasteiger partial charge < -0.3 is 15.5 Å². The van der Waals surface area contributed by atoms with Crippen LogP contribution in [-0.2, 0) is 0 Å². The Labute approximate surface area is 182 Å². The van der Waals surface area contributed by atoms with Crippen molar-refractivity contribution >= 4 is 17.3 Å². The fourth-order valence-electron chi connectivity index (χ4n) is 2.66. The second kappa shape index (κ2) is 12.1. The van der Waals surface area contributed by atoms with Gasteiger partial charge >= 0.3 is 0 Å². The van der Waals surface area contributed by atoms with E-state index in [2.05, 4.69) is 16.7 Å². The number of aliphatic imine (C=N–C) groups is 1. The first-order valence-electron chi connectivity index (χ1n) is 9.79. The quantitative estimate of drug-likeness (QED) is 0.299. The van der Waals surface area contributed by atoms with E-state index in [1.807, 2.05) is 79.4 Å². The summed E-state index contributed by atoms with van der Waals surface area (Å²) in [6.07, 6.45) is 1.23. The van der Waals surface area contributed by atoms with Gasteiger partial charge in [0.1, 0.15) is 23.8 Å². The van der Waals surface area contributed by atoms with Crippen molar-refractivity contribution in [2.24, 2.45) is 4.99 Å². The Bertz CT molecular complexity index is 1060. The first-order chi connectivity index (χ1) is 15.1. The van der Waals surface area contributed by atoms with E-state index >= 15 is 0 Å². The molecule has 2 aromatic rings. The monoisotopic (exact) mass is 409 g/mol. The smallest absolute Gasteiger partial charge is 0.205 e. The van der Waals surface area contributed by atoms with Crippen LogP contribution < -0.4 is 10.6 Å². The van der Waals surface area contributed by atoms with Crippen LogP contribution in [0.1, 0.15) is 13.8 Å². The lowest BCUT2D eigenvalue weighted by Crippen LogP contribution is -2.36. The van der Waals surface area contributed by atoms with Crippen LogP contribution in [0.25, 0.3) is 0 Å². The molecule has 2 aromatic carbocycles. The average molecular weight is 409 g/mol. The Kier molecular flexibility index (Phi) is 8.89. The lowest BCUT2D eigenvalue weighted by molar-refractivity contribution is 0.464. The van der Waals surface area contributed by atoms with Crippen molar-refractivity contribution in [3.63, 3.8) is 0 Å². The molecule has 31 heavy (non-hydrogen) atoms. The molecule has 0 saturated carbocycles. The molecular weight excluding hydrogens is 386 g/mol. The summed E-state index contributed by atoms with van der Waals surface area (Å²) >= 11 is 0. The Balaban J connectivity index is 2.65. The maximum Gasteiger partial charge on any atom is 0.205 e. The molecule has 0 aliphatic carbocycles. The SMILES string of the molecule is CCN(CC)/C(=N/C(Nc1ccccc1)=C(\C#N)C=C(C#N)C#N)Nc1ccccc1. The largest absolute Gasteiger partial charge is 0.343 e. The van der Waals surface area contributed by atoms with Gasteiger partial charge in [-0.05, 0) is 44.2 Å². The van der Waals surface area contributed by atoms with Gasteiger partial charge in [0, 0.05) is 24.5 Å². The molecule has 0 aliphatic rings. The number of allylic oxidation sites excluding steroid dienone is 3. The van der Waals surface area contributed by atoms with Gasteiger partial charge in [-0.15, -0.1) is 0 Å². The number of para-hydroxylation sites is 2. The topological polar surface area (TPSA) is 111 Å². The van der Waals surface area contributed by atoms with Gasteiger partial charge in [-0.25, -0.2) is 0 Å². The summed E-state index contributed by atoms with van der Waals surface area (Å²) in [4.78, 5) is 6.72. The van der Waals surface area contributed by atoms with Crippen molar-refractivity contribution in [1.82, 2.24) is 4.90 Å². The molecule has 0 spiro atoms. The lowest BCUT2D eigenvalue weighted by Gasteiger charge is -2.24. The van der Waals surface area contributed by atoms with E-state index in [0.717, 1.165) is 11.4 Å². The van der Waals surface area contributed by atoms with Crippen molar-refractivity contribution in [2.75, 3.05) is 23.7 Å². The van der Waals surface area contributed by atoms with E-state index < -0.39 is 0 Å². The van der Waals surface area contributed by atoms with Gasteiger partial charge in [-0.3, -0.25) is 0 Å². The Morgan fingerprint density at radius 2 is 1.35 bits per heavy atom. The highest BCUT2D eigenvalue weighted by Gasteiger charge is 2.13. The van der Waals surface area contributed by atoms with Crippen LogP contribution in [0.4, 0.5) is 11.4 Å². The summed E-state index contributed by atoms with van der Waals surface area (Å²) in [6.45, 7) is 5.39. The molecule has 0 atom stereocenters. The van der Waals surface area contributed by atoms with E-state index in [-0.39, 0.29) is 17.0 Å². The number of nitrogens with one attached hydrogen (secondary N) is 2. The normalized spacial score (nSPS) is 11.1. The lowest BCUT2D eigenvalue weighted by atomic mass is 10.2. The Morgan fingerprint density at radius 3 is 1.81 bits per heavy atom. The number of hydrogen-bond donors (Lipinski definition) is 2. The maximum atomic E-state index is 9.76. The van der Waals surface area contributed by atoms with Gasteiger partial charge in [0.15, 0.2) is 5.82 Å². The number of nitrogens with zero attached hydrogens (tertiary/aromatic N) is 5. The average Bonchev–Trinajstić information content (AvgIpc) is 2.81. The van der Waals surface area contributed by atoms with E-state index in [1.54, 1.807) is 12.1 Å². The molecule has 0 aliphatic heterocycles. The highest BCUT2D eigenvalue weighted by Crippen LogP contribution is 2.17. The van der Waals surface area contributed by atoms with E-state index in [0.29, 0.717) is 19.0 Å². The van der Waals surface area contributed by atoms with Crippen molar-refractivity contribution in [3.05, 3.63) is 83.7 Å². The molecule has 154 valence electrons. The first-order valence-corrected chi connectivity index (χ1v) is 9.79. The zero-order chi connectivity index (χ0) is 22.5.